The van der Waals surface area contributed by atoms with Gasteiger partial charge < -0.3 is 14.8 Å². The average Bonchev–Trinajstić information content (AvgIpc) is 2.89. The van der Waals surface area contributed by atoms with Crippen LogP contribution >= 0.6 is 43.5 Å². The molecule has 0 fully saturated rings. The molecule has 0 spiro atoms. The minimum atomic E-state index is 0.269. The van der Waals surface area contributed by atoms with Gasteiger partial charge in [0.1, 0.15) is 0 Å². The van der Waals surface area contributed by atoms with Crippen molar-refractivity contribution in [1.29, 1.82) is 0 Å². The summed E-state index contributed by atoms with van der Waals surface area (Å²) in [5.74, 6) is 1.53. The first-order chi connectivity index (χ1) is 9.65. The lowest BCUT2D eigenvalue weighted by Gasteiger charge is -2.10. The Balaban J connectivity index is 1.79. The molecule has 0 saturated heterocycles. The highest BCUT2D eigenvalue weighted by Gasteiger charge is 2.17. The summed E-state index contributed by atoms with van der Waals surface area (Å²) in [4.78, 5) is 0. The van der Waals surface area contributed by atoms with Gasteiger partial charge in [0.25, 0.3) is 0 Å². The minimum absolute atomic E-state index is 0.269. The number of hydrogen-bond donors (Lipinski definition) is 1. The summed E-state index contributed by atoms with van der Waals surface area (Å²) in [7, 11) is 0. The van der Waals surface area contributed by atoms with Gasteiger partial charge >= 0.3 is 0 Å². The van der Waals surface area contributed by atoms with Crippen molar-refractivity contribution in [2.75, 3.05) is 12.1 Å². The molecule has 1 heterocycles. The summed E-state index contributed by atoms with van der Waals surface area (Å²) in [6.07, 6.45) is 0. The molecule has 0 amide bonds. The van der Waals surface area contributed by atoms with Crippen LogP contribution < -0.4 is 14.8 Å². The van der Waals surface area contributed by atoms with Crippen LogP contribution in [0.5, 0.6) is 11.5 Å². The first kappa shape index (κ1) is 14.0. The second-order valence-corrected chi connectivity index (χ2v) is 6.32. The van der Waals surface area contributed by atoms with Crippen LogP contribution in [0.15, 0.2) is 39.3 Å². The Bertz CT molecular complexity index is 664. The Morgan fingerprint density at radius 2 is 2.05 bits per heavy atom. The normalized spacial score (nSPS) is 12.6. The van der Waals surface area contributed by atoms with Gasteiger partial charge in [-0.15, -0.1) is 0 Å². The largest absolute Gasteiger partial charge is 0.454 e. The van der Waals surface area contributed by atoms with Crippen LogP contribution in [0.1, 0.15) is 5.56 Å². The van der Waals surface area contributed by atoms with Crippen molar-refractivity contribution in [1.82, 2.24) is 0 Å². The fourth-order valence-electron chi connectivity index (χ4n) is 1.96. The highest BCUT2D eigenvalue weighted by molar-refractivity contribution is 9.11. The maximum atomic E-state index is 6.07. The molecule has 2 aromatic rings. The van der Waals surface area contributed by atoms with Crippen LogP contribution in [0.4, 0.5) is 5.69 Å². The number of nitrogens with one attached hydrogen (secondary N) is 1. The number of ether oxygens (including phenoxy) is 2. The van der Waals surface area contributed by atoms with E-state index in [1.807, 2.05) is 30.3 Å². The predicted octanol–water partition coefficient (Wildman–Crippen LogP) is 5.21. The van der Waals surface area contributed by atoms with Crippen molar-refractivity contribution in [2.24, 2.45) is 0 Å². The molecule has 0 aromatic heterocycles. The van der Waals surface area contributed by atoms with E-state index in [1.165, 1.54) is 0 Å². The molecule has 0 unspecified atom stereocenters. The maximum absolute atomic E-state index is 6.07. The van der Waals surface area contributed by atoms with Crippen molar-refractivity contribution < 1.29 is 9.47 Å². The van der Waals surface area contributed by atoms with Gasteiger partial charge in [0.05, 0.1) is 19.7 Å². The Hall–Kier alpha value is -0.910. The van der Waals surface area contributed by atoms with Crippen molar-refractivity contribution >= 4 is 49.1 Å². The van der Waals surface area contributed by atoms with E-state index in [0.29, 0.717) is 11.6 Å². The molecule has 2 aromatic carbocycles. The molecule has 6 heteroatoms. The third kappa shape index (κ3) is 2.75. The summed E-state index contributed by atoms with van der Waals surface area (Å²) in [6, 6.07) is 9.70. The number of hydrogen-bond acceptors (Lipinski definition) is 3. The van der Waals surface area contributed by atoms with E-state index >= 15 is 0 Å². The van der Waals surface area contributed by atoms with Crippen molar-refractivity contribution in [2.45, 2.75) is 6.54 Å². The molecule has 0 radical (unpaired) electrons. The summed E-state index contributed by atoms with van der Waals surface area (Å²) in [6.45, 7) is 0.929. The van der Waals surface area contributed by atoms with E-state index in [2.05, 4.69) is 37.2 Å². The number of fused-ring (bicyclic) bond motifs is 1. The molecule has 3 nitrogen and oxygen atoms in total. The fourth-order valence-corrected chi connectivity index (χ4v) is 3.14. The molecule has 104 valence electrons. The van der Waals surface area contributed by atoms with Crippen LogP contribution in [-0.4, -0.2) is 6.79 Å². The lowest BCUT2D eigenvalue weighted by Crippen LogP contribution is -2.00. The Kier molecular flexibility index (Phi) is 4.10. The Labute approximate surface area is 138 Å². The van der Waals surface area contributed by atoms with Crippen molar-refractivity contribution in [3.05, 3.63) is 49.9 Å². The van der Waals surface area contributed by atoms with Gasteiger partial charge in [-0.1, -0.05) is 17.7 Å². The van der Waals surface area contributed by atoms with E-state index in [0.717, 1.165) is 31.7 Å². The van der Waals surface area contributed by atoms with Crippen molar-refractivity contribution in [3.8, 4) is 11.5 Å². The topological polar surface area (TPSA) is 30.5 Å². The first-order valence-electron chi connectivity index (χ1n) is 5.91. The van der Waals surface area contributed by atoms with E-state index in [1.54, 1.807) is 0 Å². The van der Waals surface area contributed by atoms with Gasteiger partial charge in [-0.05, 0) is 61.7 Å². The summed E-state index contributed by atoms with van der Waals surface area (Å²) >= 11 is 13.0. The number of benzene rings is 2. The molecule has 3 rings (SSSR count). The lowest BCUT2D eigenvalue weighted by molar-refractivity contribution is 0.173. The second kappa shape index (κ2) is 5.84. The first-order valence-corrected chi connectivity index (χ1v) is 7.87. The van der Waals surface area contributed by atoms with Crippen molar-refractivity contribution in [3.63, 3.8) is 0 Å². The Morgan fingerprint density at radius 1 is 1.20 bits per heavy atom. The quantitative estimate of drug-likeness (QED) is 0.741. The minimum Gasteiger partial charge on any atom is -0.454 e. The molecule has 0 atom stereocenters. The summed E-state index contributed by atoms with van der Waals surface area (Å²) in [5, 5.41) is 4.02. The van der Waals surface area contributed by atoms with Gasteiger partial charge in [0, 0.05) is 6.54 Å². The molecule has 0 bridgehead atoms. The van der Waals surface area contributed by atoms with Gasteiger partial charge in [0.2, 0.25) is 6.79 Å². The fraction of sp³-hybridized carbons (Fsp3) is 0.143. The number of rotatable bonds is 3. The number of halogens is 3. The molecular formula is C14H10Br2ClNO2. The molecule has 20 heavy (non-hydrogen) atoms. The third-order valence-corrected chi connectivity index (χ3v) is 4.91. The molecule has 1 N–H and O–H groups in total. The number of anilines is 1. The smallest absolute Gasteiger partial charge is 0.231 e. The van der Waals surface area contributed by atoms with Crippen LogP contribution in [-0.2, 0) is 6.54 Å². The zero-order valence-electron chi connectivity index (χ0n) is 10.3. The highest BCUT2D eigenvalue weighted by Crippen LogP contribution is 2.40. The van der Waals surface area contributed by atoms with Crippen LogP contribution in [0, 0.1) is 0 Å². The van der Waals surface area contributed by atoms with Gasteiger partial charge in [-0.25, -0.2) is 0 Å². The third-order valence-electron chi connectivity index (χ3n) is 2.92. The molecule has 1 aliphatic rings. The van der Waals surface area contributed by atoms with Gasteiger partial charge in [0.15, 0.2) is 11.5 Å². The SMILES string of the molecule is Clc1cccc(NCc2cc(Br)c3c(c2)OCO3)c1Br. The van der Waals surface area contributed by atoms with E-state index in [9.17, 15) is 0 Å². The summed E-state index contributed by atoms with van der Waals surface area (Å²) < 4.78 is 12.5. The zero-order valence-corrected chi connectivity index (χ0v) is 14.2. The lowest BCUT2D eigenvalue weighted by atomic mass is 10.2. The Morgan fingerprint density at radius 3 is 2.90 bits per heavy atom. The zero-order chi connectivity index (χ0) is 14.1. The standard InChI is InChI=1S/C14H10Br2ClNO2/c15-9-4-8(5-12-14(9)20-7-19-12)6-18-11-3-1-2-10(17)13(11)16/h1-5,18H,6-7H2. The predicted molar refractivity (Wildman–Crippen MR) is 86.7 cm³/mol. The van der Waals surface area contributed by atoms with E-state index in [-0.39, 0.29) is 6.79 Å². The second-order valence-electron chi connectivity index (χ2n) is 4.27. The molecule has 1 aliphatic heterocycles. The summed E-state index contributed by atoms with van der Waals surface area (Å²) in [5.41, 5.74) is 2.04. The molecular weight excluding hydrogens is 409 g/mol. The maximum Gasteiger partial charge on any atom is 0.231 e. The van der Waals surface area contributed by atoms with Crippen LogP contribution in [0.2, 0.25) is 5.02 Å². The van der Waals surface area contributed by atoms with Crippen LogP contribution in [0.3, 0.4) is 0 Å². The van der Waals surface area contributed by atoms with E-state index in [4.69, 9.17) is 21.1 Å². The average molecular weight is 420 g/mol. The molecule has 0 saturated carbocycles. The highest BCUT2D eigenvalue weighted by atomic mass is 79.9. The monoisotopic (exact) mass is 417 g/mol. The van der Waals surface area contributed by atoms with Gasteiger partial charge in [-0.3, -0.25) is 0 Å². The molecule has 0 aliphatic carbocycles. The van der Waals surface area contributed by atoms with Crippen LogP contribution in [0.25, 0.3) is 0 Å². The van der Waals surface area contributed by atoms with E-state index < -0.39 is 0 Å². The van der Waals surface area contributed by atoms with Gasteiger partial charge in [-0.2, -0.15) is 0 Å².